The summed E-state index contributed by atoms with van der Waals surface area (Å²) < 4.78 is 38.4. The number of amides is 2. The van der Waals surface area contributed by atoms with Gasteiger partial charge in [-0.1, -0.05) is 131 Å². The molecule has 3 N–H and O–H groups in total. The van der Waals surface area contributed by atoms with Gasteiger partial charge in [-0.3, -0.25) is 4.90 Å². The van der Waals surface area contributed by atoms with Gasteiger partial charge in [-0.05, 0) is 97.9 Å². The van der Waals surface area contributed by atoms with Gasteiger partial charge in [0, 0.05) is 44.2 Å². The summed E-state index contributed by atoms with van der Waals surface area (Å²) in [5.41, 5.74) is 4.15. The number of nitrogens with zero attached hydrogens (tertiary/aromatic N) is 2. The molecule has 2 amide bonds. The van der Waals surface area contributed by atoms with E-state index in [-0.39, 0.29) is 63.9 Å². The van der Waals surface area contributed by atoms with E-state index in [1.54, 1.807) is 17.0 Å². The molecule has 4 aliphatic rings. The average molecular weight is 994 g/mol. The summed E-state index contributed by atoms with van der Waals surface area (Å²) in [6, 6.07) is 20.0. The van der Waals surface area contributed by atoms with Crippen LogP contribution in [0, 0.1) is 17.8 Å². The van der Waals surface area contributed by atoms with E-state index in [2.05, 4.69) is 24.9 Å². The molecular weight excluding hydrogens is 915 g/mol. The normalized spacial score (nSPS) is 22.0. The third-order valence-corrected chi connectivity index (χ3v) is 14.6. The van der Waals surface area contributed by atoms with Crippen LogP contribution in [0.25, 0.3) is 0 Å². The van der Waals surface area contributed by atoms with Gasteiger partial charge in [-0.15, -0.1) is 6.58 Å². The van der Waals surface area contributed by atoms with Gasteiger partial charge in [0.25, 0.3) is 0 Å². The summed E-state index contributed by atoms with van der Waals surface area (Å²) in [4.78, 5) is 36.2. The van der Waals surface area contributed by atoms with Crippen LogP contribution in [0.4, 0.5) is 9.59 Å². The summed E-state index contributed by atoms with van der Waals surface area (Å²) >= 11 is 0. The Kier molecular flexibility index (Phi) is 21.1. The molecule has 3 aromatic rings. The molecule has 72 heavy (non-hydrogen) atoms. The molecule has 6 atom stereocenters. The van der Waals surface area contributed by atoms with Gasteiger partial charge in [0.15, 0.2) is 11.5 Å². The summed E-state index contributed by atoms with van der Waals surface area (Å²) in [7, 11) is 0. The highest BCUT2D eigenvalue weighted by atomic mass is 16.7. The van der Waals surface area contributed by atoms with E-state index in [4.69, 9.17) is 38.4 Å². The fourth-order valence-corrected chi connectivity index (χ4v) is 11.1. The number of benzene rings is 3. The first-order valence-corrected chi connectivity index (χ1v) is 26.9. The zero-order chi connectivity index (χ0) is 50.5. The predicted octanol–water partition coefficient (Wildman–Crippen LogP) is 11.9. The van der Waals surface area contributed by atoms with Crippen LogP contribution in [0.1, 0.15) is 146 Å². The Labute approximate surface area is 427 Å². The first-order chi connectivity index (χ1) is 35.3. The third-order valence-electron chi connectivity index (χ3n) is 14.6. The van der Waals surface area contributed by atoms with Gasteiger partial charge in [-0.25, -0.2) is 9.59 Å². The number of aliphatic hydroxyl groups is 2. The van der Waals surface area contributed by atoms with Crippen molar-refractivity contribution in [2.45, 2.75) is 154 Å². The Hall–Kier alpha value is -5.57. The van der Waals surface area contributed by atoms with E-state index in [1.807, 2.05) is 67.6 Å². The summed E-state index contributed by atoms with van der Waals surface area (Å²) in [5.74, 6) is -0.299. The lowest BCUT2D eigenvalue weighted by atomic mass is 9.55. The van der Waals surface area contributed by atoms with Crippen LogP contribution in [0.3, 0.4) is 0 Å². The van der Waals surface area contributed by atoms with Gasteiger partial charge < -0.3 is 48.8 Å². The monoisotopic (exact) mass is 994 g/mol. The molecule has 0 unspecified atom stereocenters. The third kappa shape index (κ3) is 13.9. The molecule has 7 rings (SSSR count). The van der Waals surface area contributed by atoms with Crippen molar-refractivity contribution in [2.24, 2.45) is 22.9 Å². The van der Waals surface area contributed by atoms with Gasteiger partial charge in [0.1, 0.15) is 24.1 Å². The molecule has 1 fully saturated rings. The van der Waals surface area contributed by atoms with Crippen LogP contribution in [-0.4, -0.2) is 84.7 Å². The minimum Gasteiger partial charge on any atom is -0.459 e. The van der Waals surface area contributed by atoms with Crippen molar-refractivity contribution in [3.63, 3.8) is 0 Å². The van der Waals surface area contributed by atoms with Gasteiger partial charge in [-0.2, -0.15) is 0 Å². The van der Waals surface area contributed by atoms with E-state index in [0.717, 1.165) is 67.2 Å². The second kappa shape index (κ2) is 28.0. The van der Waals surface area contributed by atoms with Crippen LogP contribution >= 0.6 is 0 Å². The van der Waals surface area contributed by atoms with Gasteiger partial charge in [0.2, 0.25) is 12.6 Å². The molecule has 0 spiro atoms. The van der Waals surface area contributed by atoms with Gasteiger partial charge in [0.05, 0.1) is 24.8 Å². The minimum absolute atomic E-state index is 0.0208. The topological polar surface area (TPSA) is 167 Å². The molecule has 3 aromatic carbocycles. The SMILES string of the molecule is C=CCO[C@@]12Oc3ccc(OC(=O)NCc4ccccc4)cc3[C@H]3[C@H](CCCCO)[C@@H](CCCCO)C=C(C(=NOCC)C[C@@H]1N(Cc1ccc4c(c1)OCO4)C(=O)OCCCCCCCCCCCC)[C@H]32. The first kappa shape index (κ1) is 54.2. The highest BCUT2D eigenvalue weighted by molar-refractivity contribution is 6.03. The molecule has 14 heteroatoms. The van der Waals surface area contributed by atoms with Crippen molar-refractivity contribution in [1.82, 2.24) is 10.2 Å². The van der Waals surface area contributed by atoms with Gasteiger partial charge >= 0.3 is 12.2 Å². The molecule has 392 valence electrons. The van der Waals surface area contributed by atoms with Crippen molar-refractivity contribution in [1.29, 1.82) is 0 Å². The Morgan fingerprint density at radius 1 is 0.833 bits per heavy atom. The van der Waals surface area contributed by atoms with Crippen molar-refractivity contribution in [2.75, 3.05) is 39.8 Å². The van der Waals surface area contributed by atoms with Crippen molar-refractivity contribution < 1.29 is 53.1 Å². The fraction of sp³-hybridized carbons (Fsp3) is 0.569. The number of hydrogen-bond donors (Lipinski definition) is 3. The molecule has 0 radical (unpaired) electrons. The number of hydrogen-bond acceptors (Lipinski definition) is 12. The first-order valence-electron chi connectivity index (χ1n) is 26.9. The standard InChI is InChI=1S/C58H79N3O11/c1-4-7-8-9-10-11-12-13-14-22-34-66-57(65)61(40-43-27-29-51-52(35-43)68-41-67-51)53-38-49(60-70-6-3)47-36-44(25-18-20-31-62)46(26-19-21-32-63)54-48-37-45(71-56(64)59-39-42-23-16-15-17-24-42)28-30-50(48)72-58(53,55(47)54)69-33-5-2/h5,15-17,23-24,27-30,35-37,44,46,53-55,62-63H,2,4,6-14,18-22,25-26,31-34,38-41H2,1,3H3,(H,59,64)/t44-,46+,53-,54+,55+,58+/m0/s1. The average Bonchev–Trinajstić information content (AvgIpc) is 3.87. The number of oxime groups is 1. The molecule has 2 aliphatic carbocycles. The Morgan fingerprint density at radius 2 is 1.56 bits per heavy atom. The van der Waals surface area contributed by atoms with Crippen molar-refractivity contribution in [3.8, 4) is 23.0 Å². The minimum atomic E-state index is -1.52. The molecule has 0 saturated heterocycles. The van der Waals surface area contributed by atoms with Crippen LogP contribution in [0.2, 0.25) is 0 Å². The van der Waals surface area contributed by atoms with E-state index in [9.17, 15) is 15.0 Å². The van der Waals surface area contributed by atoms with E-state index >= 15 is 4.79 Å². The van der Waals surface area contributed by atoms with Crippen molar-refractivity contribution in [3.05, 3.63) is 108 Å². The van der Waals surface area contributed by atoms with Crippen LogP contribution in [0.5, 0.6) is 23.0 Å². The number of carbonyl (C=O) groups is 2. The molecule has 0 aromatic heterocycles. The Balaban J connectivity index is 1.29. The maximum Gasteiger partial charge on any atom is 0.412 e. The maximum absolute atomic E-state index is 15.1. The number of ether oxygens (including phenoxy) is 6. The molecule has 2 aliphatic heterocycles. The second-order valence-corrected chi connectivity index (χ2v) is 19.5. The Bertz CT molecular complexity index is 2250. The number of carbonyl (C=O) groups excluding carboxylic acids is 2. The fourth-order valence-electron chi connectivity index (χ4n) is 11.1. The molecule has 0 bridgehead atoms. The number of rotatable bonds is 30. The summed E-state index contributed by atoms with van der Waals surface area (Å²) in [6.07, 6.45) is 19.0. The lowest BCUT2D eigenvalue weighted by Crippen LogP contribution is -2.70. The van der Waals surface area contributed by atoms with Crippen molar-refractivity contribution >= 4 is 17.9 Å². The predicted molar refractivity (Wildman–Crippen MR) is 277 cm³/mol. The number of unbranched alkanes of at least 4 members (excludes halogenated alkanes) is 11. The highest BCUT2D eigenvalue weighted by Crippen LogP contribution is 2.62. The highest BCUT2D eigenvalue weighted by Gasteiger charge is 2.65. The Morgan fingerprint density at radius 3 is 2.29 bits per heavy atom. The van der Waals surface area contributed by atoms with E-state index in [1.165, 1.54) is 44.9 Å². The summed E-state index contributed by atoms with van der Waals surface area (Å²) in [5, 5.41) is 27.8. The zero-order valence-electron chi connectivity index (χ0n) is 42.7. The lowest BCUT2D eigenvalue weighted by molar-refractivity contribution is -0.256. The quantitative estimate of drug-likeness (QED) is 0.0330. The molecular formula is C58H79N3O11. The molecule has 14 nitrogen and oxygen atoms in total. The molecule has 1 saturated carbocycles. The van der Waals surface area contributed by atoms with Crippen LogP contribution in [0.15, 0.2) is 96.2 Å². The van der Waals surface area contributed by atoms with Crippen LogP contribution in [-0.2, 0) is 27.4 Å². The van der Waals surface area contributed by atoms with Crippen LogP contribution < -0.4 is 24.3 Å². The lowest BCUT2D eigenvalue weighted by Gasteiger charge is -2.59. The number of fused-ring (bicyclic) bond motifs is 3. The smallest absolute Gasteiger partial charge is 0.412 e. The second-order valence-electron chi connectivity index (χ2n) is 19.5. The maximum atomic E-state index is 15.1. The number of nitrogens with one attached hydrogen (secondary N) is 1. The largest absolute Gasteiger partial charge is 0.459 e. The molecule has 2 heterocycles. The summed E-state index contributed by atoms with van der Waals surface area (Å²) in [6.45, 7) is 9.56. The zero-order valence-corrected chi connectivity index (χ0v) is 42.7. The van der Waals surface area contributed by atoms with E-state index < -0.39 is 29.9 Å². The number of aliphatic hydroxyl groups excluding tert-OH is 2. The number of allylic oxidation sites excluding steroid dienone is 1. The van der Waals surface area contributed by atoms with E-state index in [0.29, 0.717) is 54.7 Å².